The van der Waals surface area contributed by atoms with Crippen LogP contribution in [0.4, 0.5) is 15.9 Å². The van der Waals surface area contributed by atoms with Crippen molar-refractivity contribution in [2.24, 2.45) is 0 Å². The van der Waals surface area contributed by atoms with Gasteiger partial charge in [-0.05, 0) is 63.3 Å². The molecular weight excluding hydrogens is 407 g/mol. The number of hydrogen-bond donors (Lipinski definition) is 2. The molecule has 1 aliphatic carbocycles. The number of likely N-dealkylation sites (tertiary alicyclic amines) is 1. The van der Waals surface area contributed by atoms with Crippen LogP contribution in [0, 0.1) is 12.7 Å². The number of amides is 1. The fraction of sp³-hybridized carbons (Fsp3) is 0.417. The minimum Gasteiger partial charge on any atom is -0.340 e. The van der Waals surface area contributed by atoms with Crippen LogP contribution in [0.25, 0.3) is 0 Å². The summed E-state index contributed by atoms with van der Waals surface area (Å²) in [5.41, 5.74) is 5.54. The van der Waals surface area contributed by atoms with E-state index in [0.29, 0.717) is 24.6 Å². The highest BCUT2D eigenvalue weighted by Gasteiger charge is 2.32. The molecule has 3 aromatic heterocycles. The number of nitrogens with one attached hydrogen (secondary N) is 2. The van der Waals surface area contributed by atoms with Gasteiger partial charge in [0, 0.05) is 47.3 Å². The summed E-state index contributed by atoms with van der Waals surface area (Å²) in [7, 11) is 0. The number of carbonyl (C=O) groups is 1. The molecule has 0 aromatic carbocycles. The number of fused-ring (bicyclic) bond motifs is 1. The number of rotatable bonds is 4. The molecule has 8 heteroatoms. The molecule has 7 nitrogen and oxygen atoms in total. The normalized spacial score (nSPS) is 18.3. The smallest absolute Gasteiger partial charge is 0.274 e. The van der Waals surface area contributed by atoms with Crippen LogP contribution in [-0.4, -0.2) is 44.1 Å². The van der Waals surface area contributed by atoms with Gasteiger partial charge in [-0.2, -0.15) is 5.10 Å². The monoisotopic (exact) mass is 434 g/mol. The van der Waals surface area contributed by atoms with E-state index in [1.165, 1.54) is 18.7 Å². The highest BCUT2D eigenvalue weighted by atomic mass is 19.1. The number of pyridine rings is 2. The van der Waals surface area contributed by atoms with Crippen molar-refractivity contribution in [3.63, 3.8) is 0 Å². The van der Waals surface area contributed by atoms with Gasteiger partial charge in [-0.25, -0.2) is 9.37 Å². The van der Waals surface area contributed by atoms with Crippen LogP contribution in [0.1, 0.15) is 64.7 Å². The largest absolute Gasteiger partial charge is 0.340 e. The van der Waals surface area contributed by atoms with Gasteiger partial charge < -0.3 is 10.2 Å². The van der Waals surface area contributed by atoms with E-state index in [0.717, 1.165) is 60.4 Å². The molecule has 32 heavy (non-hydrogen) atoms. The lowest BCUT2D eigenvalue weighted by Gasteiger charge is -2.17. The highest BCUT2D eigenvalue weighted by molar-refractivity contribution is 5.94. The molecule has 2 aliphatic rings. The lowest BCUT2D eigenvalue weighted by Crippen LogP contribution is -2.29. The van der Waals surface area contributed by atoms with Crippen molar-refractivity contribution in [2.75, 3.05) is 18.4 Å². The topological polar surface area (TPSA) is 86.8 Å². The van der Waals surface area contributed by atoms with E-state index in [1.807, 2.05) is 24.0 Å². The fourth-order valence-electron chi connectivity index (χ4n) is 4.74. The Hall–Kier alpha value is -3.29. The van der Waals surface area contributed by atoms with Crippen LogP contribution in [0.2, 0.25) is 0 Å². The zero-order valence-corrected chi connectivity index (χ0v) is 18.2. The number of H-pyrrole nitrogens is 1. The zero-order chi connectivity index (χ0) is 22.1. The first-order valence-corrected chi connectivity index (χ1v) is 11.3. The number of hydrogen-bond acceptors (Lipinski definition) is 5. The number of nitrogens with zero attached hydrogens (tertiary/aromatic N) is 4. The standard InChI is InChI=1S/C24H27FN6O/c1-15-11-18(28-22-8-7-17(25)13-26-22)12-21(27-15)16-9-10-31(14-16)24(32)23-19-5-3-2-4-6-20(19)29-30-23/h7-8,11-13,16H,2-6,9-10,14H2,1H3,(H,29,30)(H,26,27,28). The third kappa shape index (κ3) is 4.22. The van der Waals surface area contributed by atoms with Crippen molar-refractivity contribution in [3.8, 4) is 0 Å². The lowest BCUT2D eigenvalue weighted by molar-refractivity contribution is 0.0783. The SMILES string of the molecule is Cc1cc(Nc2ccc(F)cn2)cc(C2CCN(C(=O)c3n[nH]c4c3CCCCC4)C2)n1. The summed E-state index contributed by atoms with van der Waals surface area (Å²) < 4.78 is 13.1. The number of halogens is 1. The lowest BCUT2D eigenvalue weighted by atomic mass is 10.0. The fourth-order valence-corrected chi connectivity index (χ4v) is 4.74. The summed E-state index contributed by atoms with van der Waals surface area (Å²) >= 11 is 0. The van der Waals surface area contributed by atoms with E-state index in [1.54, 1.807) is 6.07 Å². The molecule has 1 saturated heterocycles. The zero-order valence-electron chi connectivity index (χ0n) is 18.2. The van der Waals surface area contributed by atoms with Crippen molar-refractivity contribution in [3.05, 3.63) is 64.6 Å². The third-order valence-electron chi connectivity index (χ3n) is 6.38. The van der Waals surface area contributed by atoms with E-state index in [4.69, 9.17) is 4.98 Å². The molecule has 2 N–H and O–H groups in total. The quantitative estimate of drug-likeness (QED) is 0.598. The maximum atomic E-state index is 13.2. The second kappa shape index (κ2) is 8.68. The molecule has 0 spiro atoms. The Balaban J connectivity index is 1.31. The molecule has 4 heterocycles. The molecule has 5 rings (SSSR count). The van der Waals surface area contributed by atoms with Crippen LogP contribution in [0.5, 0.6) is 0 Å². The minimum absolute atomic E-state index is 0.0217. The van der Waals surface area contributed by atoms with Gasteiger partial charge in [-0.1, -0.05) is 6.42 Å². The Bertz CT molecular complexity index is 1130. The molecule has 1 amide bonds. The number of aromatic amines is 1. The predicted molar refractivity (Wildman–Crippen MR) is 120 cm³/mol. The van der Waals surface area contributed by atoms with E-state index in [2.05, 4.69) is 20.5 Å². The molecule has 1 atom stereocenters. The third-order valence-corrected chi connectivity index (χ3v) is 6.38. The molecule has 0 bridgehead atoms. The Morgan fingerprint density at radius 2 is 2.09 bits per heavy atom. The Morgan fingerprint density at radius 1 is 1.22 bits per heavy atom. The summed E-state index contributed by atoms with van der Waals surface area (Å²) in [6.45, 7) is 3.28. The second-order valence-corrected chi connectivity index (χ2v) is 8.74. The summed E-state index contributed by atoms with van der Waals surface area (Å²) in [4.78, 5) is 23.9. The maximum Gasteiger partial charge on any atom is 0.274 e. The van der Waals surface area contributed by atoms with Crippen molar-refractivity contribution >= 4 is 17.4 Å². The Kier molecular flexibility index (Phi) is 5.59. The average Bonchev–Trinajstić information content (AvgIpc) is 3.37. The number of anilines is 2. The van der Waals surface area contributed by atoms with Gasteiger partial charge in [0.2, 0.25) is 0 Å². The molecule has 1 unspecified atom stereocenters. The molecule has 1 fully saturated rings. The predicted octanol–water partition coefficient (Wildman–Crippen LogP) is 4.29. The number of aromatic nitrogens is 4. The van der Waals surface area contributed by atoms with Crippen molar-refractivity contribution in [2.45, 2.75) is 51.4 Å². The first-order chi connectivity index (χ1) is 15.6. The van der Waals surface area contributed by atoms with Crippen LogP contribution in [0.15, 0.2) is 30.5 Å². The van der Waals surface area contributed by atoms with Gasteiger partial charge in [-0.15, -0.1) is 0 Å². The second-order valence-electron chi connectivity index (χ2n) is 8.74. The maximum absolute atomic E-state index is 13.2. The number of carbonyl (C=O) groups excluding carboxylic acids is 1. The van der Waals surface area contributed by atoms with Crippen LogP contribution < -0.4 is 5.32 Å². The van der Waals surface area contributed by atoms with Gasteiger partial charge in [0.15, 0.2) is 5.69 Å². The Labute approximate surface area is 186 Å². The molecule has 166 valence electrons. The van der Waals surface area contributed by atoms with Gasteiger partial charge >= 0.3 is 0 Å². The van der Waals surface area contributed by atoms with Crippen molar-refractivity contribution in [1.82, 2.24) is 25.1 Å². The van der Waals surface area contributed by atoms with Gasteiger partial charge in [-0.3, -0.25) is 14.9 Å². The van der Waals surface area contributed by atoms with E-state index >= 15 is 0 Å². The molecule has 0 radical (unpaired) electrons. The first-order valence-electron chi connectivity index (χ1n) is 11.3. The van der Waals surface area contributed by atoms with E-state index in [-0.39, 0.29) is 17.6 Å². The van der Waals surface area contributed by atoms with Crippen molar-refractivity contribution in [1.29, 1.82) is 0 Å². The van der Waals surface area contributed by atoms with Crippen molar-refractivity contribution < 1.29 is 9.18 Å². The molecule has 0 saturated carbocycles. The van der Waals surface area contributed by atoms with E-state index in [9.17, 15) is 9.18 Å². The summed E-state index contributed by atoms with van der Waals surface area (Å²) in [6.07, 6.45) is 7.42. The number of aryl methyl sites for hydroxylation is 2. The summed E-state index contributed by atoms with van der Waals surface area (Å²) in [6, 6.07) is 6.91. The summed E-state index contributed by atoms with van der Waals surface area (Å²) in [5.74, 6) is 0.392. The van der Waals surface area contributed by atoms with Gasteiger partial charge in [0.05, 0.1) is 6.20 Å². The molecular formula is C24H27FN6O. The first kappa shape index (κ1) is 20.6. The summed E-state index contributed by atoms with van der Waals surface area (Å²) in [5, 5.41) is 10.7. The van der Waals surface area contributed by atoms with E-state index < -0.39 is 0 Å². The molecule has 1 aliphatic heterocycles. The van der Waals surface area contributed by atoms with Gasteiger partial charge in [0.25, 0.3) is 5.91 Å². The van der Waals surface area contributed by atoms with Crippen LogP contribution >= 0.6 is 0 Å². The van der Waals surface area contributed by atoms with Gasteiger partial charge in [0.1, 0.15) is 11.6 Å². The Morgan fingerprint density at radius 3 is 2.94 bits per heavy atom. The highest BCUT2D eigenvalue weighted by Crippen LogP contribution is 2.31. The minimum atomic E-state index is -0.369. The average molecular weight is 435 g/mol. The molecule has 3 aromatic rings. The van der Waals surface area contributed by atoms with Crippen LogP contribution in [0.3, 0.4) is 0 Å². The van der Waals surface area contributed by atoms with Crippen LogP contribution in [-0.2, 0) is 12.8 Å².